The minimum absolute atomic E-state index is 0.0463. The normalized spacial score (nSPS) is 14.6. The molecule has 4 rings (SSSR count). The number of urea groups is 1. The van der Waals surface area contributed by atoms with Crippen LogP contribution in [-0.2, 0) is 13.0 Å². The van der Waals surface area contributed by atoms with Crippen LogP contribution >= 0.6 is 0 Å². The molecule has 0 bridgehead atoms. The van der Waals surface area contributed by atoms with Gasteiger partial charge in [-0.2, -0.15) is 5.10 Å². The summed E-state index contributed by atoms with van der Waals surface area (Å²) in [4.78, 5) is 37.8. The van der Waals surface area contributed by atoms with Crippen molar-refractivity contribution in [3.63, 3.8) is 0 Å². The quantitative estimate of drug-likeness (QED) is 0.403. The lowest BCUT2D eigenvalue weighted by Crippen LogP contribution is -2.35. The van der Waals surface area contributed by atoms with E-state index in [4.69, 9.17) is 0 Å². The Morgan fingerprint density at radius 1 is 1.06 bits per heavy atom. The molecule has 1 atom stereocenters. The maximum Gasteiger partial charge on any atom is 0.323 e. The summed E-state index contributed by atoms with van der Waals surface area (Å²) < 4.78 is 1.88. The van der Waals surface area contributed by atoms with E-state index in [1.807, 2.05) is 49.7 Å². The number of hydrogen-bond donors (Lipinski definition) is 4. The summed E-state index contributed by atoms with van der Waals surface area (Å²) in [5, 5.41) is 15.9. The van der Waals surface area contributed by atoms with Crippen molar-refractivity contribution in [3.8, 4) is 0 Å². The average molecular weight is 489 g/mol. The number of benzene rings is 2. The molecule has 188 valence electrons. The highest BCUT2D eigenvalue weighted by atomic mass is 16.2. The average Bonchev–Trinajstić information content (AvgIpc) is 3.27. The molecule has 9 nitrogen and oxygen atoms in total. The SMILES string of the molecule is Cc1ccc(C(=O)NCC2CCn3ncc(C(=O)NC(C)C)c3C2)cc1NC(=O)Nc1ccccc1. The fraction of sp³-hybridized carbons (Fsp3) is 0.333. The highest BCUT2D eigenvalue weighted by Gasteiger charge is 2.26. The Kier molecular flexibility index (Phi) is 7.68. The molecule has 0 spiro atoms. The summed E-state index contributed by atoms with van der Waals surface area (Å²) >= 11 is 0. The number of nitrogens with one attached hydrogen (secondary N) is 4. The topological polar surface area (TPSA) is 117 Å². The van der Waals surface area contributed by atoms with Crippen molar-refractivity contribution < 1.29 is 14.4 Å². The predicted molar refractivity (Wildman–Crippen MR) is 139 cm³/mol. The number of amides is 4. The van der Waals surface area contributed by atoms with Gasteiger partial charge < -0.3 is 21.3 Å². The maximum atomic E-state index is 12.9. The molecule has 3 aromatic rings. The smallest absolute Gasteiger partial charge is 0.323 e. The predicted octanol–water partition coefficient (Wildman–Crippen LogP) is 3.97. The largest absolute Gasteiger partial charge is 0.352 e. The summed E-state index contributed by atoms with van der Waals surface area (Å²) in [6.45, 7) is 6.92. The van der Waals surface area contributed by atoms with Gasteiger partial charge in [-0.25, -0.2) is 4.79 Å². The minimum Gasteiger partial charge on any atom is -0.352 e. The van der Waals surface area contributed by atoms with Crippen LogP contribution in [0.25, 0.3) is 0 Å². The van der Waals surface area contributed by atoms with Crippen molar-refractivity contribution >= 4 is 29.2 Å². The van der Waals surface area contributed by atoms with Crippen molar-refractivity contribution in [2.24, 2.45) is 5.92 Å². The second-order valence-corrected chi connectivity index (χ2v) is 9.40. The first-order chi connectivity index (χ1) is 17.3. The van der Waals surface area contributed by atoms with E-state index in [-0.39, 0.29) is 29.8 Å². The van der Waals surface area contributed by atoms with Crippen LogP contribution in [0.5, 0.6) is 0 Å². The summed E-state index contributed by atoms with van der Waals surface area (Å²) in [7, 11) is 0. The van der Waals surface area contributed by atoms with E-state index >= 15 is 0 Å². The van der Waals surface area contributed by atoms with Crippen molar-refractivity contribution in [2.45, 2.75) is 46.2 Å². The minimum atomic E-state index is -0.377. The first kappa shape index (κ1) is 25.0. The van der Waals surface area contributed by atoms with Crippen LogP contribution < -0.4 is 21.3 Å². The zero-order chi connectivity index (χ0) is 25.7. The molecule has 2 heterocycles. The van der Waals surface area contributed by atoms with Crippen LogP contribution in [0.4, 0.5) is 16.2 Å². The molecule has 4 N–H and O–H groups in total. The summed E-state index contributed by atoms with van der Waals surface area (Å²) in [5.74, 6) is -0.131. The van der Waals surface area contributed by atoms with Gasteiger partial charge in [0.05, 0.1) is 17.5 Å². The zero-order valence-electron chi connectivity index (χ0n) is 20.8. The Morgan fingerprint density at radius 3 is 2.58 bits per heavy atom. The molecule has 1 aliphatic rings. The Morgan fingerprint density at radius 2 is 1.83 bits per heavy atom. The first-order valence-electron chi connectivity index (χ1n) is 12.2. The van der Waals surface area contributed by atoms with Gasteiger partial charge >= 0.3 is 6.03 Å². The number of hydrogen-bond acceptors (Lipinski definition) is 4. The van der Waals surface area contributed by atoms with Gasteiger partial charge in [-0.15, -0.1) is 0 Å². The van der Waals surface area contributed by atoms with Crippen molar-refractivity contribution in [2.75, 3.05) is 17.2 Å². The third-order valence-corrected chi connectivity index (χ3v) is 6.18. The van der Waals surface area contributed by atoms with E-state index in [0.29, 0.717) is 42.0 Å². The van der Waals surface area contributed by atoms with Crippen LogP contribution in [0.1, 0.15) is 52.2 Å². The fourth-order valence-corrected chi connectivity index (χ4v) is 4.25. The number of nitrogens with zero attached hydrogens (tertiary/aromatic N) is 2. The third-order valence-electron chi connectivity index (χ3n) is 6.18. The van der Waals surface area contributed by atoms with E-state index in [1.54, 1.807) is 30.5 Å². The van der Waals surface area contributed by atoms with E-state index < -0.39 is 0 Å². The second-order valence-electron chi connectivity index (χ2n) is 9.40. The molecule has 0 fully saturated rings. The molecule has 1 unspecified atom stereocenters. The number of rotatable bonds is 7. The van der Waals surface area contributed by atoms with Gasteiger partial charge in [-0.1, -0.05) is 24.3 Å². The highest BCUT2D eigenvalue weighted by Crippen LogP contribution is 2.23. The van der Waals surface area contributed by atoms with Crippen LogP contribution in [0.2, 0.25) is 0 Å². The van der Waals surface area contributed by atoms with Crippen LogP contribution in [0, 0.1) is 12.8 Å². The summed E-state index contributed by atoms with van der Waals surface area (Å²) in [5.41, 5.74) is 4.07. The molecule has 0 aliphatic carbocycles. The van der Waals surface area contributed by atoms with E-state index in [1.165, 1.54) is 0 Å². The zero-order valence-corrected chi connectivity index (χ0v) is 20.8. The number of aromatic nitrogens is 2. The molecule has 9 heteroatoms. The molecule has 0 saturated carbocycles. The van der Waals surface area contributed by atoms with Crippen molar-refractivity contribution in [1.29, 1.82) is 0 Å². The molecule has 2 aromatic carbocycles. The van der Waals surface area contributed by atoms with Gasteiger partial charge in [0.15, 0.2) is 0 Å². The van der Waals surface area contributed by atoms with Gasteiger partial charge in [0, 0.05) is 36.1 Å². The number of anilines is 2. The Hall–Kier alpha value is -4.14. The standard InChI is InChI=1S/C27H32N6O3/c1-17(2)30-26(35)22-16-29-33-12-11-19(13-24(22)33)15-28-25(34)20-10-9-18(3)23(14-20)32-27(36)31-21-7-5-4-6-8-21/h4-10,14,16-17,19H,11-13,15H2,1-3H3,(H,28,34)(H,30,35)(H2,31,32,36). The molecule has 0 radical (unpaired) electrons. The van der Waals surface area contributed by atoms with Crippen molar-refractivity contribution in [1.82, 2.24) is 20.4 Å². The lowest BCUT2D eigenvalue weighted by atomic mass is 9.94. The summed E-state index contributed by atoms with van der Waals surface area (Å²) in [6.07, 6.45) is 3.16. The Balaban J connectivity index is 1.35. The number of aryl methyl sites for hydroxylation is 2. The number of fused-ring (bicyclic) bond motifs is 1. The highest BCUT2D eigenvalue weighted by molar-refractivity contribution is 6.02. The molecular weight excluding hydrogens is 456 g/mol. The lowest BCUT2D eigenvalue weighted by molar-refractivity contribution is 0.0930. The van der Waals surface area contributed by atoms with Crippen LogP contribution in [0.15, 0.2) is 54.7 Å². The number of para-hydroxylation sites is 1. The van der Waals surface area contributed by atoms with Crippen LogP contribution in [0.3, 0.4) is 0 Å². The van der Waals surface area contributed by atoms with Crippen molar-refractivity contribution in [3.05, 3.63) is 77.1 Å². The molecule has 1 aromatic heterocycles. The molecular formula is C27H32N6O3. The monoisotopic (exact) mass is 488 g/mol. The molecule has 1 aliphatic heterocycles. The molecule has 4 amide bonds. The van der Waals surface area contributed by atoms with Gasteiger partial charge in [-0.3, -0.25) is 14.3 Å². The molecule has 36 heavy (non-hydrogen) atoms. The van der Waals surface area contributed by atoms with Gasteiger partial charge in [-0.05, 0) is 69.4 Å². The fourth-order valence-electron chi connectivity index (χ4n) is 4.25. The molecule has 0 saturated heterocycles. The van der Waals surface area contributed by atoms with Crippen LogP contribution in [-0.4, -0.2) is 40.2 Å². The van der Waals surface area contributed by atoms with E-state index in [2.05, 4.69) is 26.4 Å². The van der Waals surface area contributed by atoms with E-state index in [9.17, 15) is 14.4 Å². The number of carbonyl (C=O) groups is 3. The third kappa shape index (κ3) is 6.10. The number of carbonyl (C=O) groups excluding carboxylic acids is 3. The van der Waals surface area contributed by atoms with E-state index in [0.717, 1.165) is 17.7 Å². The van der Waals surface area contributed by atoms with Gasteiger partial charge in [0.1, 0.15) is 0 Å². The summed E-state index contributed by atoms with van der Waals surface area (Å²) in [6, 6.07) is 14.1. The van der Waals surface area contributed by atoms with Gasteiger partial charge in [0.25, 0.3) is 11.8 Å². The lowest BCUT2D eigenvalue weighted by Gasteiger charge is -2.24. The maximum absolute atomic E-state index is 12.9. The van der Waals surface area contributed by atoms with Gasteiger partial charge in [0.2, 0.25) is 0 Å². The second kappa shape index (κ2) is 11.1. The first-order valence-corrected chi connectivity index (χ1v) is 12.2. The Bertz CT molecular complexity index is 1250. The Labute approximate surface area is 210 Å².